The van der Waals surface area contributed by atoms with Crippen molar-refractivity contribution < 1.29 is 66.7 Å². The summed E-state index contributed by atoms with van der Waals surface area (Å²) in [6, 6.07) is 0. The van der Waals surface area contributed by atoms with Crippen molar-refractivity contribution >= 4 is 21.5 Å². The topological polar surface area (TPSA) is 227 Å². The molecule has 32 heavy (non-hydrogen) atoms. The number of aliphatic hydroxyl groups is 2. The fourth-order valence-corrected chi connectivity index (χ4v) is 4.45. The quantitative estimate of drug-likeness (QED) is 0.254. The average Bonchev–Trinajstić information content (AvgIpc) is 3.02. The second kappa shape index (κ2) is 7.69. The van der Waals surface area contributed by atoms with Crippen LogP contribution in [0.3, 0.4) is 0 Å². The molecule has 1 aromatic heterocycles. The van der Waals surface area contributed by atoms with Gasteiger partial charge in [-0.15, -0.1) is 13.9 Å². The first kappa shape index (κ1) is 22.1. The van der Waals surface area contributed by atoms with Gasteiger partial charge >= 0.3 is 21.3 Å². The normalized spacial score (nSPS) is 35.8. The fraction of sp³-hybridized carbons (Fsp3) is 0.667. The summed E-state index contributed by atoms with van der Waals surface area (Å²) in [5.41, 5.74) is -1.07. The SMILES string of the molecule is O=c1nc2c3c(n1C1O[C@H](CO)[C@@H](OOP4(=O)ON2O4)[C@H]1O)OC(COP(=O)(O)O)CO3. The molecular formula is C12H15N3O15P2. The summed E-state index contributed by atoms with van der Waals surface area (Å²) in [4.78, 5) is 39.3. The van der Waals surface area contributed by atoms with Crippen LogP contribution in [0.1, 0.15) is 6.23 Å². The highest BCUT2D eigenvalue weighted by molar-refractivity contribution is 7.49. The van der Waals surface area contributed by atoms with Crippen molar-refractivity contribution in [1.29, 1.82) is 0 Å². The van der Waals surface area contributed by atoms with Crippen molar-refractivity contribution in [3.63, 3.8) is 0 Å². The van der Waals surface area contributed by atoms with Crippen LogP contribution in [0.4, 0.5) is 5.82 Å². The Morgan fingerprint density at radius 2 is 2.06 bits per heavy atom. The standard InChI is InChI=1S/C12H15N3O15P2/c16-1-5-7-6(17)10(26-5)14-11-8(23-2-4(25-11)3-24-31(19,20)21)9(13-12(14)18)15-28-32(22,29-15)30-27-7/h4-7,10,16-17H,1-3H2,(H2,19,20,21)/t4?,5-,6-,7-,10?/m1/s1. The van der Waals surface area contributed by atoms with Crippen molar-refractivity contribution in [3.05, 3.63) is 10.5 Å². The summed E-state index contributed by atoms with van der Waals surface area (Å²) < 4.78 is 59.5. The van der Waals surface area contributed by atoms with Crippen LogP contribution < -0.4 is 20.4 Å². The summed E-state index contributed by atoms with van der Waals surface area (Å²) in [7, 11) is -9.14. The number of hydrogen-bond donors (Lipinski definition) is 4. The molecule has 7 heterocycles. The van der Waals surface area contributed by atoms with Gasteiger partial charge in [0.25, 0.3) is 0 Å². The maximum absolute atomic E-state index is 12.8. The monoisotopic (exact) mass is 503 g/mol. The molecule has 6 aliphatic heterocycles. The molecule has 5 atom stereocenters. The zero-order chi connectivity index (χ0) is 22.8. The second-order valence-corrected chi connectivity index (χ2v) is 9.41. The van der Waals surface area contributed by atoms with Crippen molar-refractivity contribution in [1.82, 2.24) is 9.55 Å². The summed E-state index contributed by atoms with van der Waals surface area (Å²) >= 11 is 0. The molecule has 2 saturated heterocycles. The van der Waals surface area contributed by atoms with E-state index in [4.69, 9.17) is 38.1 Å². The van der Waals surface area contributed by atoms with E-state index in [1.165, 1.54) is 0 Å². The first-order chi connectivity index (χ1) is 15.1. The van der Waals surface area contributed by atoms with Crippen LogP contribution in [0.25, 0.3) is 0 Å². The largest absolute Gasteiger partial charge is 0.549 e. The van der Waals surface area contributed by atoms with Crippen LogP contribution in [0.5, 0.6) is 11.6 Å². The number of aliphatic hydroxyl groups excluding tert-OH is 2. The Morgan fingerprint density at radius 1 is 1.31 bits per heavy atom. The molecular weight excluding hydrogens is 488 g/mol. The Morgan fingerprint density at radius 3 is 2.75 bits per heavy atom. The van der Waals surface area contributed by atoms with E-state index in [1.54, 1.807) is 0 Å². The molecule has 20 heteroatoms. The Balaban J connectivity index is 1.60. The third kappa shape index (κ3) is 3.73. The van der Waals surface area contributed by atoms with Gasteiger partial charge in [-0.05, 0) is 0 Å². The van der Waals surface area contributed by atoms with Gasteiger partial charge in [-0.3, -0.25) is 4.52 Å². The van der Waals surface area contributed by atoms with E-state index in [0.717, 1.165) is 4.57 Å². The van der Waals surface area contributed by atoms with E-state index in [1.807, 2.05) is 0 Å². The molecule has 0 amide bonds. The van der Waals surface area contributed by atoms with Crippen LogP contribution in [0.2, 0.25) is 0 Å². The predicted molar refractivity (Wildman–Crippen MR) is 91.6 cm³/mol. The molecule has 2 fully saturated rings. The molecule has 178 valence electrons. The third-order valence-electron chi connectivity index (χ3n) is 4.65. The number of hydrogen-bond acceptors (Lipinski definition) is 15. The summed E-state index contributed by atoms with van der Waals surface area (Å²) in [6.07, 6.45) is -7.03. The van der Waals surface area contributed by atoms with Crippen molar-refractivity contribution in [3.8, 4) is 11.6 Å². The zero-order valence-electron chi connectivity index (χ0n) is 15.5. The number of rotatable bonds is 4. The van der Waals surface area contributed by atoms with Gasteiger partial charge < -0.3 is 34.2 Å². The van der Waals surface area contributed by atoms with E-state index in [2.05, 4.69) is 14.2 Å². The van der Waals surface area contributed by atoms with E-state index in [0.29, 0.717) is 5.23 Å². The van der Waals surface area contributed by atoms with E-state index in [-0.39, 0.29) is 12.4 Å². The third-order valence-corrected chi connectivity index (χ3v) is 6.11. The van der Waals surface area contributed by atoms with Crippen LogP contribution >= 0.6 is 15.6 Å². The molecule has 6 aliphatic rings. The van der Waals surface area contributed by atoms with Crippen LogP contribution in [-0.4, -0.2) is 73.8 Å². The lowest BCUT2D eigenvalue weighted by molar-refractivity contribution is -0.300. The lowest BCUT2D eigenvalue weighted by Crippen LogP contribution is -2.45. The minimum absolute atomic E-state index is 0.274. The van der Waals surface area contributed by atoms with E-state index in [9.17, 15) is 24.1 Å². The minimum atomic E-state index is -4.84. The molecule has 7 rings (SSSR count). The van der Waals surface area contributed by atoms with Gasteiger partial charge in [0.05, 0.1) is 13.2 Å². The molecule has 0 aliphatic carbocycles. The Bertz CT molecular complexity index is 1060. The van der Waals surface area contributed by atoms with Crippen LogP contribution in [-0.2, 0) is 37.2 Å². The molecule has 2 unspecified atom stereocenters. The lowest BCUT2D eigenvalue weighted by Gasteiger charge is -2.37. The molecule has 0 aromatic carbocycles. The molecule has 0 radical (unpaired) electrons. The van der Waals surface area contributed by atoms with Crippen LogP contribution in [0.15, 0.2) is 4.79 Å². The average molecular weight is 503 g/mol. The molecule has 0 spiro atoms. The lowest BCUT2D eigenvalue weighted by atomic mass is 10.1. The van der Waals surface area contributed by atoms with Crippen molar-refractivity contribution in [2.45, 2.75) is 30.6 Å². The molecule has 18 nitrogen and oxygen atoms in total. The van der Waals surface area contributed by atoms with Crippen LogP contribution in [0, 0.1) is 0 Å². The number of anilines is 1. The highest BCUT2D eigenvalue weighted by Gasteiger charge is 2.55. The van der Waals surface area contributed by atoms with Gasteiger partial charge in [-0.2, -0.15) is 4.98 Å². The summed E-state index contributed by atoms with van der Waals surface area (Å²) in [5, 5.41) is 20.7. The van der Waals surface area contributed by atoms with Gasteiger partial charge in [0.1, 0.15) is 18.8 Å². The molecule has 4 N–H and O–H groups in total. The van der Waals surface area contributed by atoms with E-state index < -0.39 is 76.9 Å². The number of aromatic nitrogens is 2. The number of nitrogens with zero attached hydrogens (tertiary/aromatic N) is 3. The predicted octanol–water partition coefficient (Wildman–Crippen LogP) is -2.14. The van der Waals surface area contributed by atoms with Gasteiger partial charge in [-0.1, -0.05) is 5.23 Å². The van der Waals surface area contributed by atoms with E-state index >= 15 is 0 Å². The smallest absolute Gasteiger partial charge is 0.481 e. The summed E-state index contributed by atoms with van der Waals surface area (Å²) in [5.74, 6) is -1.11. The molecule has 0 saturated carbocycles. The second-order valence-electron chi connectivity index (χ2n) is 6.80. The van der Waals surface area contributed by atoms with Crippen molar-refractivity contribution in [2.24, 2.45) is 0 Å². The molecule has 6 bridgehead atoms. The molecule has 1 aromatic rings. The van der Waals surface area contributed by atoms with Crippen molar-refractivity contribution in [2.75, 3.05) is 25.0 Å². The Labute approximate surface area is 176 Å². The number of phosphoric acid groups is 2. The first-order valence-corrected chi connectivity index (χ1v) is 11.8. The van der Waals surface area contributed by atoms with Gasteiger partial charge in [0.2, 0.25) is 17.4 Å². The first-order valence-electron chi connectivity index (χ1n) is 8.84. The fourth-order valence-electron chi connectivity index (χ4n) is 3.30. The maximum Gasteiger partial charge on any atom is 0.549 e. The van der Waals surface area contributed by atoms with Gasteiger partial charge in [-0.25, -0.2) is 23.4 Å². The summed E-state index contributed by atoms with van der Waals surface area (Å²) in [6.45, 7) is -1.65. The highest BCUT2D eigenvalue weighted by Crippen LogP contribution is 2.62. The highest BCUT2D eigenvalue weighted by atomic mass is 31.2. The minimum Gasteiger partial charge on any atom is -0.481 e. The Hall–Kier alpha value is -1.66. The maximum atomic E-state index is 12.8. The number of phosphoric ester groups is 1. The van der Waals surface area contributed by atoms with Gasteiger partial charge in [0, 0.05) is 0 Å². The Kier molecular flexibility index (Phi) is 5.33. The zero-order valence-corrected chi connectivity index (χ0v) is 17.3. The number of ether oxygens (including phenoxy) is 3. The van der Waals surface area contributed by atoms with Gasteiger partial charge in [0.15, 0.2) is 18.4 Å².